The lowest BCUT2D eigenvalue weighted by atomic mass is 10.1. The summed E-state index contributed by atoms with van der Waals surface area (Å²) in [6, 6.07) is 20.4. The van der Waals surface area contributed by atoms with E-state index in [-0.39, 0.29) is 10.8 Å². The molecule has 29 heavy (non-hydrogen) atoms. The lowest BCUT2D eigenvalue weighted by Crippen LogP contribution is -2.26. The number of anilines is 1. The van der Waals surface area contributed by atoms with Crippen molar-refractivity contribution in [2.75, 3.05) is 11.8 Å². The number of amides is 1. The highest BCUT2D eigenvalue weighted by atomic mass is 35.5. The molecule has 0 aliphatic heterocycles. The minimum Gasteiger partial charge on any atom is -0.337 e. The zero-order valence-electron chi connectivity index (χ0n) is 16.1. The second-order valence-corrected chi connectivity index (χ2v) is 8.85. The Kier molecular flexibility index (Phi) is 6.25. The zero-order chi connectivity index (χ0) is 21.0. The van der Waals surface area contributed by atoms with Crippen LogP contribution in [0.1, 0.15) is 21.5 Å². The summed E-state index contributed by atoms with van der Waals surface area (Å²) in [5, 5.41) is 0.645. The minimum atomic E-state index is -3.69. The van der Waals surface area contributed by atoms with Crippen LogP contribution in [0.15, 0.2) is 77.7 Å². The van der Waals surface area contributed by atoms with E-state index in [9.17, 15) is 13.2 Å². The first-order valence-electron chi connectivity index (χ1n) is 8.95. The van der Waals surface area contributed by atoms with Gasteiger partial charge in [0.15, 0.2) is 0 Å². The van der Waals surface area contributed by atoms with Gasteiger partial charge >= 0.3 is 0 Å². The quantitative estimate of drug-likeness (QED) is 0.617. The van der Waals surface area contributed by atoms with Crippen LogP contribution >= 0.6 is 11.6 Å². The van der Waals surface area contributed by atoms with Gasteiger partial charge in [0.1, 0.15) is 0 Å². The van der Waals surface area contributed by atoms with E-state index in [2.05, 4.69) is 4.72 Å². The van der Waals surface area contributed by atoms with E-state index in [4.69, 9.17) is 11.6 Å². The number of nitrogens with zero attached hydrogens (tertiary/aromatic N) is 1. The Morgan fingerprint density at radius 2 is 1.66 bits per heavy atom. The van der Waals surface area contributed by atoms with Crippen molar-refractivity contribution in [3.05, 3.63) is 94.5 Å². The third-order valence-corrected chi connectivity index (χ3v) is 6.08. The number of benzene rings is 3. The van der Waals surface area contributed by atoms with Crippen molar-refractivity contribution < 1.29 is 13.2 Å². The van der Waals surface area contributed by atoms with E-state index in [1.165, 1.54) is 12.1 Å². The number of hydrogen-bond donors (Lipinski definition) is 1. The second-order valence-electron chi connectivity index (χ2n) is 6.74. The van der Waals surface area contributed by atoms with Crippen LogP contribution in [0.4, 0.5) is 5.69 Å². The Hall–Kier alpha value is -2.83. The molecule has 0 atom stereocenters. The van der Waals surface area contributed by atoms with Crippen molar-refractivity contribution in [2.24, 2.45) is 0 Å². The van der Waals surface area contributed by atoms with Gasteiger partial charge in [0.2, 0.25) is 0 Å². The third kappa shape index (κ3) is 5.16. The van der Waals surface area contributed by atoms with Crippen molar-refractivity contribution in [2.45, 2.75) is 18.4 Å². The molecule has 3 rings (SSSR count). The number of sulfonamides is 1. The fourth-order valence-electron chi connectivity index (χ4n) is 2.87. The van der Waals surface area contributed by atoms with Gasteiger partial charge in [0, 0.05) is 24.2 Å². The molecular weight excluding hydrogens is 408 g/mol. The predicted molar refractivity (Wildman–Crippen MR) is 116 cm³/mol. The lowest BCUT2D eigenvalue weighted by molar-refractivity contribution is 0.0785. The summed E-state index contributed by atoms with van der Waals surface area (Å²) in [5.74, 6) is -0.152. The van der Waals surface area contributed by atoms with Crippen LogP contribution in [-0.2, 0) is 16.6 Å². The first-order valence-corrected chi connectivity index (χ1v) is 10.8. The van der Waals surface area contributed by atoms with Crippen LogP contribution in [0, 0.1) is 6.92 Å². The first kappa shape index (κ1) is 20.9. The number of aryl methyl sites for hydroxylation is 1. The number of halogens is 1. The highest BCUT2D eigenvalue weighted by molar-refractivity contribution is 7.92. The normalized spacial score (nSPS) is 11.1. The average Bonchev–Trinajstić information content (AvgIpc) is 2.71. The van der Waals surface area contributed by atoms with Gasteiger partial charge in [-0.05, 0) is 60.5 Å². The molecule has 0 saturated heterocycles. The fraction of sp³-hybridized carbons (Fsp3) is 0.136. The standard InChI is InChI=1S/C22H21ClN2O3S/c1-16-14-18(22(26)25(2)15-17-8-11-19(23)12-9-17)10-13-21(16)24-29(27,28)20-6-4-3-5-7-20/h3-14,24H,15H2,1-2H3. The average molecular weight is 429 g/mol. The molecule has 3 aromatic carbocycles. The summed E-state index contributed by atoms with van der Waals surface area (Å²) in [6.45, 7) is 2.20. The van der Waals surface area contributed by atoms with Gasteiger partial charge in [-0.2, -0.15) is 0 Å². The van der Waals surface area contributed by atoms with Gasteiger partial charge < -0.3 is 4.90 Å². The summed E-state index contributed by atoms with van der Waals surface area (Å²) in [7, 11) is -1.97. The molecule has 0 radical (unpaired) electrons. The Morgan fingerprint density at radius 1 is 1.00 bits per heavy atom. The van der Waals surface area contributed by atoms with E-state index < -0.39 is 10.0 Å². The summed E-state index contributed by atoms with van der Waals surface area (Å²) in [4.78, 5) is 14.5. The second kappa shape index (κ2) is 8.68. The third-order valence-electron chi connectivity index (χ3n) is 4.45. The van der Waals surface area contributed by atoms with Crippen LogP contribution in [0.5, 0.6) is 0 Å². The maximum Gasteiger partial charge on any atom is 0.261 e. The van der Waals surface area contributed by atoms with Crippen molar-refractivity contribution in [1.29, 1.82) is 0 Å². The maximum atomic E-state index is 12.7. The van der Waals surface area contributed by atoms with E-state index in [0.29, 0.717) is 28.4 Å². The molecule has 150 valence electrons. The minimum absolute atomic E-state index is 0.152. The number of carbonyl (C=O) groups is 1. The summed E-state index contributed by atoms with van der Waals surface area (Å²) in [5.41, 5.74) is 2.55. The monoisotopic (exact) mass is 428 g/mol. The van der Waals surface area contributed by atoms with Crippen molar-refractivity contribution >= 4 is 33.2 Å². The van der Waals surface area contributed by atoms with Gasteiger partial charge in [-0.3, -0.25) is 9.52 Å². The predicted octanol–water partition coefficient (Wildman–Crippen LogP) is 4.72. The Bertz CT molecular complexity index is 1110. The van der Waals surface area contributed by atoms with Gasteiger partial charge in [0.25, 0.3) is 15.9 Å². The molecule has 0 aliphatic carbocycles. The molecule has 3 aromatic rings. The number of rotatable bonds is 6. The van der Waals surface area contributed by atoms with Gasteiger partial charge in [-0.25, -0.2) is 8.42 Å². The number of nitrogens with one attached hydrogen (secondary N) is 1. The molecule has 0 spiro atoms. The maximum absolute atomic E-state index is 12.7. The first-order chi connectivity index (χ1) is 13.8. The van der Waals surface area contributed by atoms with Crippen molar-refractivity contribution in [3.63, 3.8) is 0 Å². The Labute approximate surface area is 176 Å². The molecule has 0 aliphatic rings. The molecule has 0 fully saturated rings. The highest BCUT2D eigenvalue weighted by Gasteiger charge is 2.17. The molecule has 7 heteroatoms. The molecule has 0 aromatic heterocycles. The number of carbonyl (C=O) groups excluding carboxylic acids is 1. The smallest absolute Gasteiger partial charge is 0.261 e. The molecule has 1 amide bonds. The van der Waals surface area contributed by atoms with Crippen LogP contribution in [0.25, 0.3) is 0 Å². The van der Waals surface area contributed by atoms with E-state index in [1.807, 2.05) is 12.1 Å². The zero-order valence-corrected chi connectivity index (χ0v) is 17.7. The van der Waals surface area contributed by atoms with E-state index in [0.717, 1.165) is 5.56 Å². The summed E-state index contributed by atoms with van der Waals surface area (Å²) in [6.07, 6.45) is 0. The molecular formula is C22H21ClN2O3S. The van der Waals surface area contributed by atoms with E-state index in [1.54, 1.807) is 67.4 Å². The van der Waals surface area contributed by atoms with Crippen molar-refractivity contribution in [3.8, 4) is 0 Å². The highest BCUT2D eigenvalue weighted by Crippen LogP contribution is 2.22. The number of hydrogen-bond acceptors (Lipinski definition) is 3. The van der Waals surface area contributed by atoms with Gasteiger partial charge in [0.05, 0.1) is 10.6 Å². The Morgan fingerprint density at radius 3 is 2.28 bits per heavy atom. The topological polar surface area (TPSA) is 66.5 Å². The van der Waals surface area contributed by atoms with Crippen molar-refractivity contribution in [1.82, 2.24) is 4.90 Å². The summed E-state index contributed by atoms with van der Waals surface area (Å²) < 4.78 is 27.6. The molecule has 0 unspecified atom stereocenters. The van der Waals surface area contributed by atoms with Gasteiger partial charge in [-0.1, -0.05) is 41.9 Å². The van der Waals surface area contributed by atoms with Crippen LogP contribution in [-0.4, -0.2) is 26.3 Å². The van der Waals surface area contributed by atoms with Gasteiger partial charge in [-0.15, -0.1) is 0 Å². The van der Waals surface area contributed by atoms with Crippen LogP contribution < -0.4 is 4.72 Å². The molecule has 0 saturated carbocycles. The van der Waals surface area contributed by atoms with Crippen LogP contribution in [0.3, 0.4) is 0 Å². The lowest BCUT2D eigenvalue weighted by Gasteiger charge is -2.18. The molecule has 0 bridgehead atoms. The largest absolute Gasteiger partial charge is 0.337 e. The fourth-order valence-corrected chi connectivity index (χ4v) is 4.15. The van der Waals surface area contributed by atoms with Crippen LogP contribution in [0.2, 0.25) is 5.02 Å². The Balaban J connectivity index is 1.74. The molecule has 1 N–H and O–H groups in total. The molecule has 0 heterocycles. The SMILES string of the molecule is Cc1cc(C(=O)N(C)Cc2ccc(Cl)cc2)ccc1NS(=O)(=O)c1ccccc1. The molecule has 5 nitrogen and oxygen atoms in total. The summed E-state index contributed by atoms with van der Waals surface area (Å²) >= 11 is 5.89. The van der Waals surface area contributed by atoms with E-state index >= 15 is 0 Å².